The summed E-state index contributed by atoms with van der Waals surface area (Å²) in [5, 5.41) is 0. The fourth-order valence-electron chi connectivity index (χ4n) is 2.64. The van der Waals surface area contributed by atoms with Gasteiger partial charge in [0.15, 0.2) is 0 Å². The van der Waals surface area contributed by atoms with E-state index in [1.165, 1.54) is 24.3 Å². The van der Waals surface area contributed by atoms with Crippen LogP contribution in [0.15, 0.2) is 43.0 Å². The maximum atomic E-state index is 12.8. The van der Waals surface area contributed by atoms with Crippen LogP contribution in [0, 0.1) is 5.82 Å². The molecule has 0 radical (unpaired) electrons. The van der Waals surface area contributed by atoms with Crippen LogP contribution in [-0.2, 0) is 0 Å². The Hall–Kier alpha value is -2.63. The van der Waals surface area contributed by atoms with Crippen LogP contribution in [0.1, 0.15) is 18.2 Å². The van der Waals surface area contributed by atoms with Gasteiger partial charge in [-0.05, 0) is 24.3 Å². The fourth-order valence-corrected chi connectivity index (χ4v) is 2.64. The quantitative estimate of drug-likeness (QED) is 0.801. The van der Waals surface area contributed by atoms with E-state index in [0.717, 1.165) is 17.8 Å². The average molecular weight is 271 g/mol. The number of carbonyl (C=O) groups is 1. The molecule has 0 N–H and O–H groups in total. The molecular formula is C14H10FN3O2. The summed E-state index contributed by atoms with van der Waals surface area (Å²) in [6.45, 7) is 0. The third-order valence-corrected chi connectivity index (χ3v) is 3.57. The van der Waals surface area contributed by atoms with Crippen LogP contribution in [-0.4, -0.2) is 20.5 Å². The molecule has 0 spiro atoms. The van der Waals surface area contributed by atoms with Crippen molar-refractivity contribution in [1.82, 2.24) is 14.5 Å². The van der Waals surface area contributed by atoms with E-state index in [1.807, 2.05) is 4.57 Å². The first kappa shape index (κ1) is 11.2. The van der Waals surface area contributed by atoms with E-state index in [0.29, 0.717) is 5.75 Å². The van der Waals surface area contributed by atoms with Crippen LogP contribution in [0.3, 0.4) is 0 Å². The summed E-state index contributed by atoms with van der Waals surface area (Å²) < 4.78 is 20.0. The van der Waals surface area contributed by atoms with Crippen LogP contribution < -0.4 is 4.74 Å². The highest BCUT2D eigenvalue weighted by Crippen LogP contribution is 2.44. The second kappa shape index (κ2) is 3.93. The smallest absolute Gasteiger partial charge is 0.410 e. The molecule has 2 aliphatic rings. The number of hydrogen-bond donors (Lipinski definition) is 0. The summed E-state index contributed by atoms with van der Waals surface area (Å²) in [6.07, 6.45) is 5.57. The monoisotopic (exact) mass is 271 g/mol. The van der Waals surface area contributed by atoms with E-state index in [9.17, 15) is 9.18 Å². The number of rotatable bonds is 1. The minimum Gasteiger partial charge on any atom is -0.410 e. The number of fused-ring (bicyclic) bond motifs is 5. The van der Waals surface area contributed by atoms with Crippen molar-refractivity contribution in [3.63, 3.8) is 0 Å². The molecule has 6 heteroatoms. The van der Waals surface area contributed by atoms with Crippen LogP contribution in [0.5, 0.6) is 5.75 Å². The van der Waals surface area contributed by atoms with Crippen molar-refractivity contribution in [1.29, 1.82) is 0 Å². The molecule has 0 saturated heterocycles. The van der Waals surface area contributed by atoms with E-state index in [1.54, 1.807) is 23.6 Å². The van der Waals surface area contributed by atoms with E-state index < -0.39 is 6.09 Å². The van der Waals surface area contributed by atoms with Crippen LogP contribution in [0.4, 0.5) is 9.18 Å². The first-order valence-corrected chi connectivity index (χ1v) is 6.21. The molecule has 2 aliphatic heterocycles. The molecule has 100 valence electrons. The van der Waals surface area contributed by atoms with Gasteiger partial charge in [-0.15, -0.1) is 0 Å². The molecule has 20 heavy (non-hydrogen) atoms. The summed E-state index contributed by atoms with van der Waals surface area (Å²) in [4.78, 5) is 17.8. The van der Waals surface area contributed by atoms with E-state index in [-0.39, 0.29) is 11.9 Å². The van der Waals surface area contributed by atoms with Crippen molar-refractivity contribution in [2.75, 3.05) is 0 Å². The maximum absolute atomic E-state index is 12.8. The third-order valence-electron chi connectivity index (χ3n) is 3.57. The van der Waals surface area contributed by atoms with E-state index >= 15 is 0 Å². The predicted molar refractivity (Wildman–Crippen MR) is 68.1 cm³/mol. The highest BCUT2D eigenvalue weighted by molar-refractivity contribution is 5.77. The van der Waals surface area contributed by atoms with Crippen LogP contribution >= 0.6 is 0 Å². The van der Waals surface area contributed by atoms with E-state index in [4.69, 9.17) is 4.74 Å². The zero-order valence-electron chi connectivity index (χ0n) is 10.4. The number of benzene rings is 1. The lowest BCUT2D eigenvalue weighted by molar-refractivity contribution is 0.158. The molecular weight excluding hydrogens is 261 g/mol. The summed E-state index contributed by atoms with van der Waals surface area (Å²) in [5.74, 6) is -0.0397. The van der Waals surface area contributed by atoms with Gasteiger partial charge < -0.3 is 9.30 Å². The Bertz CT molecular complexity index is 720. The molecule has 5 nitrogen and oxygen atoms in total. The Kier molecular flexibility index (Phi) is 2.20. The molecule has 0 fully saturated rings. The van der Waals surface area contributed by atoms with Crippen LogP contribution in [0.2, 0.25) is 0 Å². The minimum atomic E-state index is -0.468. The van der Waals surface area contributed by atoms with Crippen molar-refractivity contribution >= 4 is 11.8 Å². The van der Waals surface area contributed by atoms with Crippen molar-refractivity contribution < 1.29 is 13.9 Å². The van der Waals surface area contributed by atoms with Crippen LogP contribution in [0.25, 0.3) is 5.70 Å². The molecule has 0 saturated carbocycles. The SMILES string of the molecule is O=C(Oc1ccc(F)cc1)N1C=C2CC1c1cncn12. The first-order valence-electron chi connectivity index (χ1n) is 6.21. The van der Waals surface area contributed by atoms with Gasteiger partial charge in [-0.2, -0.15) is 0 Å². The van der Waals surface area contributed by atoms with Gasteiger partial charge in [0.2, 0.25) is 0 Å². The standard InChI is InChI=1S/C14H10FN3O2/c15-9-1-3-11(4-2-9)20-14(19)17-7-10-5-12(17)13-6-16-8-18(10)13/h1-4,6-8,12H,5H2. The van der Waals surface area contributed by atoms with Gasteiger partial charge in [0, 0.05) is 18.3 Å². The second-order valence-electron chi connectivity index (χ2n) is 4.76. The Morgan fingerprint density at radius 2 is 2.15 bits per heavy atom. The molecule has 1 aromatic carbocycles. The van der Waals surface area contributed by atoms with Gasteiger partial charge >= 0.3 is 6.09 Å². The number of aromatic nitrogens is 2. The van der Waals surface area contributed by atoms with E-state index in [2.05, 4.69) is 4.98 Å². The minimum absolute atomic E-state index is 0.0551. The Balaban J connectivity index is 1.55. The summed E-state index contributed by atoms with van der Waals surface area (Å²) >= 11 is 0. The number of hydrogen-bond acceptors (Lipinski definition) is 3. The molecule has 0 aliphatic carbocycles. The van der Waals surface area contributed by atoms with Crippen molar-refractivity contribution in [3.8, 4) is 5.75 Å². The first-order chi connectivity index (χ1) is 9.72. The topological polar surface area (TPSA) is 47.4 Å². The molecule has 3 heterocycles. The van der Waals surface area contributed by atoms with Gasteiger partial charge in [-0.1, -0.05) is 0 Å². The number of halogens is 1. The van der Waals surface area contributed by atoms with Gasteiger partial charge in [-0.25, -0.2) is 14.2 Å². The number of ether oxygens (including phenoxy) is 1. The predicted octanol–water partition coefficient (Wildman–Crippen LogP) is 2.78. The van der Waals surface area contributed by atoms with Crippen molar-refractivity contribution in [3.05, 3.63) is 54.5 Å². The van der Waals surface area contributed by atoms with Gasteiger partial charge in [0.25, 0.3) is 0 Å². The third kappa shape index (κ3) is 1.54. The Labute approximate surface area is 113 Å². The maximum Gasteiger partial charge on any atom is 0.419 e. The van der Waals surface area contributed by atoms with Crippen molar-refractivity contribution in [2.24, 2.45) is 0 Å². The number of imidazole rings is 1. The van der Waals surface area contributed by atoms with Gasteiger partial charge in [-0.3, -0.25) is 4.90 Å². The average Bonchev–Trinajstić information content (AvgIpc) is 3.13. The number of carbonyl (C=O) groups excluding carboxylic acids is 1. The lowest BCUT2D eigenvalue weighted by atomic mass is 10.2. The fraction of sp³-hybridized carbons (Fsp3) is 0.143. The largest absolute Gasteiger partial charge is 0.419 e. The van der Waals surface area contributed by atoms with Crippen molar-refractivity contribution in [2.45, 2.75) is 12.5 Å². The molecule has 1 atom stereocenters. The number of nitrogens with zero attached hydrogens (tertiary/aromatic N) is 3. The molecule has 1 aromatic heterocycles. The Morgan fingerprint density at radius 1 is 1.35 bits per heavy atom. The lowest BCUT2D eigenvalue weighted by Crippen LogP contribution is -2.31. The normalized spacial score (nSPS) is 18.9. The Morgan fingerprint density at radius 3 is 2.95 bits per heavy atom. The molecule has 1 unspecified atom stereocenters. The van der Waals surface area contributed by atoms with Gasteiger partial charge in [0.1, 0.15) is 11.6 Å². The summed E-state index contributed by atoms with van der Waals surface area (Å²) in [5.41, 5.74) is 2.01. The zero-order chi connectivity index (χ0) is 13.7. The molecule has 1 amide bonds. The highest BCUT2D eigenvalue weighted by atomic mass is 19.1. The number of amides is 1. The molecule has 2 bridgehead atoms. The molecule has 4 rings (SSSR count). The summed E-state index contributed by atoms with van der Waals surface area (Å²) in [6, 6.07) is 5.32. The molecule has 2 aromatic rings. The van der Waals surface area contributed by atoms with Gasteiger partial charge in [0.05, 0.1) is 24.3 Å². The lowest BCUT2D eigenvalue weighted by Gasteiger charge is -2.22. The highest BCUT2D eigenvalue weighted by Gasteiger charge is 2.40. The second-order valence-corrected chi connectivity index (χ2v) is 4.76. The zero-order valence-corrected chi connectivity index (χ0v) is 10.4. The summed E-state index contributed by atoms with van der Waals surface area (Å²) in [7, 11) is 0.